The third-order valence-corrected chi connectivity index (χ3v) is 2.91. The smallest absolute Gasteiger partial charge is 0.257 e. The van der Waals surface area contributed by atoms with E-state index in [9.17, 15) is 4.79 Å². The van der Waals surface area contributed by atoms with E-state index in [2.05, 4.69) is 15.5 Å². The highest BCUT2D eigenvalue weighted by molar-refractivity contribution is 6.00. The van der Waals surface area contributed by atoms with Crippen molar-refractivity contribution in [1.82, 2.24) is 15.5 Å². The Bertz CT molecular complexity index is 581. The van der Waals surface area contributed by atoms with Gasteiger partial charge in [-0.15, -0.1) is 0 Å². The van der Waals surface area contributed by atoms with Gasteiger partial charge in [0, 0.05) is 31.1 Å². The Balaban J connectivity index is 2.06. The van der Waals surface area contributed by atoms with E-state index in [4.69, 9.17) is 9.26 Å². The molecule has 0 bridgehead atoms. The predicted octanol–water partition coefficient (Wildman–Crippen LogP) is 2.20. The van der Waals surface area contributed by atoms with E-state index >= 15 is 0 Å². The number of nitrogens with one attached hydrogen (secondary N) is 1. The summed E-state index contributed by atoms with van der Waals surface area (Å²) in [6.07, 6.45) is 4.26. The molecule has 0 saturated heterocycles. The Morgan fingerprint density at radius 2 is 2.10 bits per heavy atom. The number of aromatic nitrogens is 2. The van der Waals surface area contributed by atoms with Crippen molar-refractivity contribution >= 4 is 5.91 Å². The number of hydrogen-bond acceptors (Lipinski definition) is 5. The van der Waals surface area contributed by atoms with E-state index in [0.29, 0.717) is 36.8 Å². The van der Waals surface area contributed by atoms with E-state index in [1.807, 2.05) is 6.92 Å². The summed E-state index contributed by atoms with van der Waals surface area (Å²) in [4.78, 5) is 16.2. The summed E-state index contributed by atoms with van der Waals surface area (Å²) in [6.45, 7) is 5.44. The molecule has 0 saturated carbocycles. The van der Waals surface area contributed by atoms with Gasteiger partial charge in [0.05, 0.1) is 12.3 Å². The molecule has 0 aliphatic rings. The van der Waals surface area contributed by atoms with Crippen LogP contribution in [0.1, 0.15) is 29.4 Å². The number of ether oxygens (including phenoxy) is 1. The molecule has 0 radical (unpaired) electrons. The van der Waals surface area contributed by atoms with E-state index in [1.54, 1.807) is 31.5 Å². The van der Waals surface area contributed by atoms with E-state index in [1.165, 1.54) is 0 Å². The Morgan fingerprint density at radius 1 is 1.33 bits per heavy atom. The lowest BCUT2D eigenvalue weighted by molar-refractivity contribution is 0.0915. The first kappa shape index (κ1) is 15.2. The van der Waals surface area contributed by atoms with Crippen LogP contribution in [0, 0.1) is 6.92 Å². The first-order valence-corrected chi connectivity index (χ1v) is 6.96. The summed E-state index contributed by atoms with van der Waals surface area (Å²) in [7, 11) is 0. The van der Waals surface area contributed by atoms with E-state index < -0.39 is 0 Å². The zero-order chi connectivity index (χ0) is 15.1. The van der Waals surface area contributed by atoms with Crippen LogP contribution in [0.25, 0.3) is 11.3 Å². The van der Waals surface area contributed by atoms with E-state index in [0.717, 1.165) is 12.0 Å². The summed E-state index contributed by atoms with van der Waals surface area (Å²) < 4.78 is 10.6. The van der Waals surface area contributed by atoms with Gasteiger partial charge >= 0.3 is 0 Å². The molecule has 0 aliphatic heterocycles. The molecule has 112 valence electrons. The summed E-state index contributed by atoms with van der Waals surface area (Å²) in [5, 5.41) is 6.70. The molecule has 1 N–H and O–H groups in total. The lowest BCUT2D eigenvalue weighted by Crippen LogP contribution is -2.28. The summed E-state index contributed by atoms with van der Waals surface area (Å²) in [5.41, 5.74) is 1.79. The second-order valence-electron chi connectivity index (χ2n) is 4.58. The van der Waals surface area contributed by atoms with Crippen molar-refractivity contribution in [2.45, 2.75) is 20.3 Å². The van der Waals surface area contributed by atoms with Crippen LogP contribution >= 0.6 is 0 Å². The summed E-state index contributed by atoms with van der Waals surface area (Å²) in [6, 6.07) is 3.56. The Hall–Kier alpha value is -2.21. The third-order valence-electron chi connectivity index (χ3n) is 2.91. The van der Waals surface area contributed by atoms with Crippen molar-refractivity contribution in [3.8, 4) is 11.3 Å². The Kier molecular flexibility index (Phi) is 5.45. The average Bonchev–Trinajstić information content (AvgIpc) is 2.89. The number of aryl methyl sites for hydroxylation is 1. The molecule has 2 aromatic heterocycles. The topological polar surface area (TPSA) is 77.2 Å². The number of hydrogen-bond donors (Lipinski definition) is 1. The molecule has 0 aromatic carbocycles. The van der Waals surface area contributed by atoms with Crippen LogP contribution in [-0.2, 0) is 4.74 Å². The zero-order valence-corrected chi connectivity index (χ0v) is 12.3. The van der Waals surface area contributed by atoms with Gasteiger partial charge in [0.1, 0.15) is 5.56 Å². The maximum absolute atomic E-state index is 12.3. The minimum Gasteiger partial charge on any atom is -0.380 e. The molecule has 6 nitrogen and oxygen atoms in total. The lowest BCUT2D eigenvalue weighted by Gasteiger charge is -2.06. The highest BCUT2D eigenvalue weighted by Crippen LogP contribution is 2.25. The van der Waals surface area contributed by atoms with Crippen LogP contribution in [0.2, 0.25) is 0 Å². The van der Waals surface area contributed by atoms with Gasteiger partial charge in [-0.1, -0.05) is 12.1 Å². The lowest BCUT2D eigenvalue weighted by atomic mass is 10.1. The molecular weight excluding hydrogens is 270 g/mol. The molecule has 0 aliphatic carbocycles. The molecule has 1 amide bonds. The van der Waals surface area contributed by atoms with Gasteiger partial charge < -0.3 is 14.6 Å². The number of rotatable bonds is 7. The minimum atomic E-state index is -0.208. The minimum absolute atomic E-state index is 0.208. The maximum atomic E-state index is 12.3. The van der Waals surface area contributed by atoms with Crippen molar-refractivity contribution in [2.24, 2.45) is 0 Å². The monoisotopic (exact) mass is 289 g/mol. The zero-order valence-electron chi connectivity index (χ0n) is 12.3. The normalized spacial score (nSPS) is 10.6. The largest absolute Gasteiger partial charge is 0.380 e. The van der Waals surface area contributed by atoms with Gasteiger partial charge in [-0.25, -0.2) is 0 Å². The Labute approximate surface area is 123 Å². The third kappa shape index (κ3) is 3.88. The van der Waals surface area contributed by atoms with Crippen molar-refractivity contribution in [1.29, 1.82) is 0 Å². The number of nitrogens with zero attached hydrogens (tertiary/aromatic N) is 2. The van der Waals surface area contributed by atoms with Gasteiger partial charge in [-0.2, -0.15) is 0 Å². The van der Waals surface area contributed by atoms with Crippen molar-refractivity contribution < 1.29 is 14.1 Å². The molecule has 2 aromatic rings. The SMILES string of the molecule is CCCOCCNC(=O)c1c(C)noc1-c1ccncc1. The highest BCUT2D eigenvalue weighted by Gasteiger charge is 2.21. The summed E-state index contributed by atoms with van der Waals surface area (Å²) in [5.74, 6) is 0.252. The van der Waals surface area contributed by atoms with Gasteiger partial charge in [0.2, 0.25) is 0 Å². The average molecular weight is 289 g/mol. The van der Waals surface area contributed by atoms with E-state index in [-0.39, 0.29) is 5.91 Å². The quantitative estimate of drug-likeness (QED) is 0.791. The molecule has 0 unspecified atom stereocenters. The maximum Gasteiger partial charge on any atom is 0.257 e. The van der Waals surface area contributed by atoms with Crippen LogP contribution in [-0.4, -0.2) is 35.8 Å². The molecule has 0 atom stereocenters. The fourth-order valence-corrected chi connectivity index (χ4v) is 1.91. The number of amides is 1. The summed E-state index contributed by atoms with van der Waals surface area (Å²) >= 11 is 0. The standard InChI is InChI=1S/C15H19N3O3/c1-3-9-20-10-8-17-15(19)13-11(2)18-21-14(13)12-4-6-16-7-5-12/h4-7H,3,8-10H2,1-2H3,(H,17,19). The van der Waals surface area contributed by atoms with Crippen LogP contribution in [0.15, 0.2) is 29.0 Å². The van der Waals surface area contributed by atoms with Crippen LogP contribution in [0.5, 0.6) is 0 Å². The number of pyridine rings is 1. The fourth-order valence-electron chi connectivity index (χ4n) is 1.91. The molecule has 0 fully saturated rings. The molecular formula is C15H19N3O3. The molecule has 2 heterocycles. The first-order chi connectivity index (χ1) is 10.2. The highest BCUT2D eigenvalue weighted by atomic mass is 16.5. The number of carbonyl (C=O) groups excluding carboxylic acids is 1. The van der Waals surface area contributed by atoms with Crippen LogP contribution in [0.4, 0.5) is 0 Å². The van der Waals surface area contributed by atoms with Crippen LogP contribution in [0.3, 0.4) is 0 Å². The fraction of sp³-hybridized carbons (Fsp3) is 0.400. The van der Waals surface area contributed by atoms with Crippen molar-refractivity contribution in [3.05, 3.63) is 35.8 Å². The second kappa shape index (κ2) is 7.54. The molecule has 21 heavy (non-hydrogen) atoms. The van der Waals surface area contributed by atoms with Gasteiger partial charge in [-0.05, 0) is 25.5 Å². The molecule has 2 rings (SSSR count). The Morgan fingerprint density at radius 3 is 2.81 bits per heavy atom. The number of carbonyl (C=O) groups is 1. The van der Waals surface area contributed by atoms with Crippen molar-refractivity contribution in [3.63, 3.8) is 0 Å². The molecule has 0 spiro atoms. The van der Waals surface area contributed by atoms with Crippen LogP contribution < -0.4 is 5.32 Å². The van der Waals surface area contributed by atoms with Crippen molar-refractivity contribution in [2.75, 3.05) is 19.8 Å². The van der Waals surface area contributed by atoms with Gasteiger partial charge in [0.15, 0.2) is 5.76 Å². The van der Waals surface area contributed by atoms with Gasteiger partial charge in [-0.3, -0.25) is 9.78 Å². The van der Waals surface area contributed by atoms with Gasteiger partial charge in [0.25, 0.3) is 5.91 Å². The first-order valence-electron chi connectivity index (χ1n) is 6.96. The molecule has 6 heteroatoms. The second-order valence-corrected chi connectivity index (χ2v) is 4.58. The predicted molar refractivity (Wildman–Crippen MR) is 77.9 cm³/mol.